The Morgan fingerprint density at radius 1 is 1.14 bits per heavy atom. The van der Waals surface area contributed by atoms with Crippen LogP contribution in [0, 0.1) is 5.92 Å². The highest BCUT2D eigenvalue weighted by Crippen LogP contribution is 2.25. The zero-order chi connectivity index (χ0) is 20.2. The number of nitrogens with zero attached hydrogens (tertiary/aromatic N) is 4. The molecule has 2 fully saturated rings. The largest absolute Gasteiger partial charge is 0.355 e. The number of nitrogens with one attached hydrogen (secondary N) is 1. The molecule has 0 bridgehead atoms. The Morgan fingerprint density at radius 2 is 1.90 bits per heavy atom. The summed E-state index contributed by atoms with van der Waals surface area (Å²) in [6, 6.07) is 7.88. The molecule has 1 aromatic heterocycles. The summed E-state index contributed by atoms with van der Waals surface area (Å²) in [6.07, 6.45) is 8.30. The maximum absolute atomic E-state index is 12.7. The summed E-state index contributed by atoms with van der Waals surface area (Å²) < 4.78 is 0. The molecule has 2 aliphatic rings. The summed E-state index contributed by atoms with van der Waals surface area (Å²) in [7, 11) is 0. The summed E-state index contributed by atoms with van der Waals surface area (Å²) in [5, 5.41) is 3.15. The van der Waals surface area contributed by atoms with E-state index in [4.69, 9.17) is 0 Å². The van der Waals surface area contributed by atoms with Crippen LogP contribution in [0.4, 0.5) is 11.5 Å². The number of amides is 2. The molecule has 1 atom stereocenters. The van der Waals surface area contributed by atoms with E-state index in [9.17, 15) is 9.59 Å². The van der Waals surface area contributed by atoms with E-state index >= 15 is 0 Å². The summed E-state index contributed by atoms with van der Waals surface area (Å²) in [5.41, 5.74) is 1.98. The van der Waals surface area contributed by atoms with Gasteiger partial charge >= 0.3 is 0 Å². The van der Waals surface area contributed by atoms with Gasteiger partial charge in [0.2, 0.25) is 11.8 Å². The van der Waals surface area contributed by atoms with Gasteiger partial charge in [-0.15, -0.1) is 0 Å². The maximum atomic E-state index is 12.7. The number of anilines is 2. The molecule has 152 valence electrons. The molecule has 1 N–H and O–H groups in total. The summed E-state index contributed by atoms with van der Waals surface area (Å²) in [5.74, 6) is 1.19. The molecule has 2 aliphatic heterocycles. The van der Waals surface area contributed by atoms with Gasteiger partial charge in [-0.1, -0.05) is 12.1 Å². The van der Waals surface area contributed by atoms with Gasteiger partial charge in [-0.25, -0.2) is 4.98 Å². The molecule has 3 heterocycles. The highest BCUT2D eigenvalue weighted by Gasteiger charge is 2.27. The second kappa shape index (κ2) is 8.59. The lowest BCUT2D eigenvalue weighted by Gasteiger charge is -2.32. The summed E-state index contributed by atoms with van der Waals surface area (Å²) in [6.45, 7) is 4.41. The van der Waals surface area contributed by atoms with Crippen LogP contribution in [-0.2, 0) is 9.59 Å². The quantitative estimate of drug-likeness (QED) is 0.845. The molecule has 7 heteroatoms. The first kappa shape index (κ1) is 19.4. The minimum absolute atomic E-state index is 0.0202. The fourth-order valence-corrected chi connectivity index (χ4v) is 4.10. The number of hydrogen-bond acceptors (Lipinski definition) is 5. The number of carbonyl (C=O) groups excluding carboxylic acids is 2. The third-order valence-electron chi connectivity index (χ3n) is 5.88. The van der Waals surface area contributed by atoms with Gasteiger partial charge in [0.05, 0.1) is 12.2 Å². The van der Waals surface area contributed by atoms with Crippen molar-refractivity contribution in [3.05, 3.63) is 48.4 Å². The molecule has 2 aromatic rings. The van der Waals surface area contributed by atoms with Crippen molar-refractivity contribution in [3.8, 4) is 0 Å². The lowest BCUT2D eigenvalue weighted by Crippen LogP contribution is -2.41. The minimum Gasteiger partial charge on any atom is -0.355 e. The average molecular weight is 393 g/mol. The topological polar surface area (TPSA) is 78.4 Å². The molecule has 0 saturated carbocycles. The highest BCUT2D eigenvalue weighted by molar-refractivity contribution is 5.95. The van der Waals surface area contributed by atoms with E-state index in [1.807, 2.05) is 36.1 Å². The normalized spacial score (nSPS) is 18.7. The smallest absolute Gasteiger partial charge is 0.227 e. The van der Waals surface area contributed by atoms with E-state index in [2.05, 4.69) is 20.2 Å². The van der Waals surface area contributed by atoms with Gasteiger partial charge < -0.3 is 15.1 Å². The van der Waals surface area contributed by atoms with Gasteiger partial charge in [-0.05, 0) is 43.9 Å². The predicted molar refractivity (Wildman–Crippen MR) is 112 cm³/mol. The summed E-state index contributed by atoms with van der Waals surface area (Å²) >= 11 is 0. The van der Waals surface area contributed by atoms with Crippen LogP contribution in [0.25, 0.3) is 0 Å². The lowest BCUT2D eigenvalue weighted by atomic mass is 9.95. The van der Waals surface area contributed by atoms with Crippen molar-refractivity contribution in [1.82, 2.24) is 15.3 Å². The fourth-order valence-electron chi connectivity index (χ4n) is 4.10. The molecule has 0 radical (unpaired) electrons. The minimum atomic E-state index is -0.0659. The molecular formula is C22H27N5O2. The number of piperidine rings is 1. The van der Waals surface area contributed by atoms with Crippen LogP contribution in [-0.4, -0.2) is 41.4 Å². The zero-order valence-electron chi connectivity index (χ0n) is 16.8. The number of rotatable bonds is 5. The fraction of sp³-hybridized carbons (Fsp3) is 0.455. The molecule has 7 nitrogen and oxygen atoms in total. The Morgan fingerprint density at radius 3 is 2.52 bits per heavy atom. The van der Waals surface area contributed by atoms with Crippen molar-refractivity contribution >= 4 is 23.3 Å². The molecule has 0 spiro atoms. The molecule has 2 amide bonds. The SMILES string of the molecule is CC(NC(=O)C1CCN(c2cnccn2)CC1)c1ccc(N2CCCC2=O)cc1. The van der Waals surface area contributed by atoms with Crippen molar-refractivity contribution in [2.45, 2.75) is 38.6 Å². The van der Waals surface area contributed by atoms with Crippen LogP contribution in [0.3, 0.4) is 0 Å². The number of benzene rings is 1. The second-order valence-corrected chi connectivity index (χ2v) is 7.80. The van der Waals surface area contributed by atoms with E-state index in [0.717, 1.165) is 56.0 Å². The molecule has 0 aliphatic carbocycles. The molecule has 4 rings (SSSR count). The Bertz CT molecular complexity index is 847. The van der Waals surface area contributed by atoms with Crippen LogP contribution < -0.4 is 15.1 Å². The van der Waals surface area contributed by atoms with Gasteiger partial charge in [0, 0.05) is 50.1 Å². The molecular weight excluding hydrogens is 366 g/mol. The summed E-state index contributed by atoms with van der Waals surface area (Å²) in [4.78, 5) is 37.1. The monoisotopic (exact) mass is 393 g/mol. The van der Waals surface area contributed by atoms with Crippen LogP contribution in [0.15, 0.2) is 42.9 Å². The number of aromatic nitrogens is 2. The van der Waals surface area contributed by atoms with Crippen molar-refractivity contribution in [2.24, 2.45) is 5.92 Å². The average Bonchev–Trinajstić information content (AvgIpc) is 3.20. The van der Waals surface area contributed by atoms with Gasteiger partial charge in [-0.3, -0.25) is 14.6 Å². The van der Waals surface area contributed by atoms with Crippen LogP contribution >= 0.6 is 0 Å². The third-order valence-corrected chi connectivity index (χ3v) is 5.88. The van der Waals surface area contributed by atoms with Crippen molar-refractivity contribution in [1.29, 1.82) is 0 Å². The Labute approximate surface area is 171 Å². The van der Waals surface area contributed by atoms with Crippen LogP contribution in [0.5, 0.6) is 0 Å². The van der Waals surface area contributed by atoms with Crippen LogP contribution in [0.1, 0.15) is 44.2 Å². The third kappa shape index (κ3) is 4.39. The maximum Gasteiger partial charge on any atom is 0.227 e. The number of carbonyl (C=O) groups is 2. The van der Waals surface area contributed by atoms with Crippen LogP contribution in [0.2, 0.25) is 0 Å². The molecule has 29 heavy (non-hydrogen) atoms. The van der Waals surface area contributed by atoms with Crippen molar-refractivity contribution < 1.29 is 9.59 Å². The predicted octanol–water partition coefficient (Wildman–Crippen LogP) is 2.70. The first-order chi connectivity index (χ1) is 14.1. The van der Waals surface area contributed by atoms with E-state index < -0.39 is 0 Å². The van der Waals surface area contributed by atoms with E-state index in [-0.39, 0.29) is 23.8 Å². The first-order valence-corrected chi connectivity index (χ1v) is 10.3. The second-order valence-electron chi connectivity index (χ2n) is 7.80. The van der Waals surface area contributed by atoms with Crippen molar-refractivity contribution in [3.63, 3.8) is 0 Å². The molecule has 1 unspecified atom stereocenters. The van der Waals surface area contributed by atoms with E-state index in [0.29, 0.717) is 6.42 Å². The Hall–Kier alpha value is -2.96. The lowest BCUT2D eigenvalue weighted by molar-refractivity contribution is -0.126. The van der Waals surface area contributed by atoms with Gasteiger partial charge in [-0.2, -0.15) is 0 Å². The Balaban J connectivity index is 1.30. The Kier molecular flexibility index (Phi) is 5.74. The van der Waals surface area contributed by atoms with Crippen molar-refractivity contribution in [2.75, 3.05) is 29.4 Å². The van der Waals surface area contributed by atoms with Gasteiger partial charge in [0.15, 0.2) is 0 Å². The number of hydrogen-bond donors (Lipinski definition) is 1. The molecule has 1 aromatic carbocycles. The zero-order valence-corrected chi connectivity index (χ0v) is 16.8. The standard InChI is InChI=1S/C22H27N5O2/c1-16(17-4-6-19(7-5-17)27-12-2-3-21(27)28)25-22(29)18-8-13-26(14-9-18)20-15-23-10-11-24-20/h4-7,10-11,15-16,18H,2-3,8-9,12-14H2,1H3,(H,25,29). The van der Waals surface area contributed by atoms with Gasteiger partial charge in [0.1, 0.15) is 5.82 Å². The highest BCUT2D eigenvalue weighted by atomic mass is 16.2. The molecule has 2 saturated heterocycles. The van der Waals surface area contributed by atoms with Gasteiger partial charge in [0.25, 0.3) is 0 Å². The first-order valence-electron chi connectivity index (χ1n) is 10.3. The van der Waals surface area contributed by atoms with E-state index in [1.165, 1.54) is 0 Å². The van der Waals surface area contributed by atoms with E-state index in [1.54, 1.807) is 18.6 Å².